The highest BCUT2D eigenvalue weighted by Gasteiger charge is 2.10. The third-order valence-electron chi connectivity index (χ3n) is 3.47. The summed E-state index contributed by atoms with van der Waals surface area (Å²) >= 11 is 1.53. The molecule has 5 heteroatoms. The molecule has 0 unspecified atom stereocenters. The average Bonchev–Trinajstić information content (AvgIpc) is 3.05. The summed E-state index contributed by atoms with van der Waals surface area (Å²) in [5.41, 5.74) is 4.41. The zero-order valence-corrected chi connectivity index (χ0v) is 13.7. The molecule has 1 N–H and O–H groups in total. The van der Waals surface area contributed by atoms with Gasteiger partial charge in [0.2, 0.25) is 0 Å². The van der Waals surface area contributed by atoms with Crippen LogP contribution in [0.3, 0.4) is 0 Å². The number of rotatable bonds is 4. The van der Waals surface area contributed by atoms with E-state index >= 15 is 0 Å². The van der Waals surface area contributed by atoms with Crippen LogP contribution in [0.4, 0.5) is 10.8 Å². The van der Waals surface area contributed by atoms with Crippen LogP contribution in [0.25, 0.3) is 11.3 Å². The second-order valence-corrected chi connectivity index (χ2v) is 5.91. The van der Waals surface area contributed by atoms with Crippen LogP contribution in [0.2, 0.25) is 0 Å². The highest BCUT2D eigenvalue weighted by Crippen LogP contribution is 2.28. The number of esters is 1. The number of nitrogens with zero attached hydrogens (tertiary/aromatic N) is 1. The van der Waals surface area contributed by atoms with Gasteiger partial charge in [-0.1, -0.05) is 36.4 Å². The quantitative estimate of drug-likeness (QED) is 0.710. The average molecular weight is 324 g/mol. The normalized spacial score (nSPS) is 10.3. The summed E-state index contributed by atoms with van der Waals surface area (Å²) in [4.78, 5) is 16.3. The minimum Gasteiger partial charge on any atom is -0.465 e. The number of carbonyl (C=O) groups excluding carboxylic acids is 1. The fraction of sp³-hybridized carbons (Fsp3) is 0.111. The lowest BCUT2D eigenvalue weighted by Gasteiger charge is -2.08. The van der Waals surface area contributed by atoms with Gasteiger partial charge in [-0.05, 0) is 24.6 Å². The fourth-order valence-electron chi connectivity index (χ4n) is 2.19. The van der Waals surface area contributed by atoms with E-state index < -0.39 is 0 Å². The van der Waals surface area contributed by atoms with Crippen molar-refractivity contribution in [3.05, 3.63) is 65.0 Å². The molecule has 1 aromatic heterocycles. The Hall–Kier alpha value is -2.66. The molecule has 0 aliphatic rings. The van der Waals surface area contributed by atoms with E-state index in [-0.39, 0.29) is 5.97 Å². The van der Waals surface area contributed by atoms with E-state index in [0.717, 1.165) is 27.6 Å². The predicted molar refractivity (Wildman–Crippen MR) is 93.4 cm³/mol. The van der Waals surface area contributed by atoms with Crippen molar-refractivity contribution in [3.63, 3.8) is 0 Å². The van der Waals surface area contributed by atoms with Gasteiger partial charge in [0.05, 0.1) is 18.4 Å². The van der Waals surface area contributed by atoms with Gasteiger partial charge >= 0.3 is 5.97 Å². The Labute approximate surface area is 138 Å². The number of methoxy groups -OCH3 is 1. The number of hydrogen-bond acceptors (Lipinski definition) is 5. The summed E-state index contributed by atoms with van der Waals surface area (Å²) in [6, 6.07) is 15.5. The van der Waals surface area contributed by atoms with Crippen molar-refractivity contribution >= 4 is 28.1 Å². The minimum atomic E-state index is -0.350. The lowest BCUT2D eigenvalue weighted by atomic mass is 10.1. The number of benzene rings is 2. The van der Waals surface area contributed by atoms with Crippen LogP contribution in [0.15, 0.2) is 53.9 Å². The smallest absolute Gasteiger partial charge is 0.337 e. The van der Waals surface area contributed by atoms with Gasteiger partial charge < -0.3 is 10.1 Å². The van der Waals surface area contributed by atoms with Gasteiger partial charge in [-0.2, -0.15) is 0 Å². The molecular formula is C18H16N2O2S. The zero-order chi connectivity index (χ0) is 16.2. The van der Waals surface area contributed by atoms with Gasteiger partial charge in [-0.15, -0.1) is 11.3 Å². The van der Waals surface area contributed by atoms with E-state index in [1.54, 1.807) is 12.1 Å². The second-order valence-electron chi connectivity index (χ2n) is 5.05. The van der Waals surface area contributed by atoms with E-state index in [1.807, 2.05) is 48.7 Å². The van der Waals surface area contributed by atoms with Crippen LogP contribution < -0.4 is 5.32 Å². The molecule has 2 aromatic carbocycles. The Kier molecular flexibility index (Phi) is 4.39. The Morgan fingerprint density at radius 1 is 1.17 bits per heavy atom. The molecule has 0 saturated heterocycles. The molecule has 23 heavy (non-hydrogen) atoms. The van der Waals surface area contributed by atoms with Crippen LogP contribution >= 0.6 is 11.3 Å². The van der Waals surface area contributed by atoms with Crippen LogP contribution in [-0.2, 0) is 4.74 Å². The molecule has 0 fully saturated rings. The third-order valence-corrected chi connectivity index (χ3v) is 4.23. The van der Waals surface area contributed by atoms with E-state index in [2.05, 4.69) is 10.3 Å². The van der Waals surface area contributed by atoms with Crippen molar-refractivity contribution in [1.82, 2.24) is 4.98 Å². The first-order valence-electron chi connectivity index (χ1n) is 7.14. The molecule has 3 aromatic rings. The minimum absolute atomic E-state index is 0.350. The number of anilines is 2. The number of thiazole rings is 1. The molecule has 0 bridgehead atoms. The summed E-state index contributed by atoms with van der Waals surface area (Å²) in [7, 11) is 1.38. The van der Waals surface area contributed by atoms with Crippen molar-refractivity contribution in [2.45, 2.75) is 6.92 Å². The number of aromatic nitrogens is 1. The van der Waals surface area contributed by atoms with E-state index in [1.165, 1.54) is 18.4 Å². The molecule has 0 radical (unpaired) electrons. The monoisotopic (exact) mass is 324 g/mol. The molecule has 0 aliphatic heterocycles. The SMILES string of the molecule is COC(=O)c1ccc(C)c(Nc2nc(-c3ccccc3)cs2)c1. The predicted octanol–water partition coefficient (Wildman–Crippen LogP) is 4.65. The lowest BCUT2D eigenvalue weighted by molar-refractivity contribution is 0.0601. The number of carbonyl (C=O) groups is 1. The van der Waals surface area contributed by atoms with Crippen LogP contribution in [0.1, 0.15) is 15.9 Å². The molecule has 3 rings (SSSR count). The third kappa shape index (κ3) is 3.40. The fourth-order valence-corrected chi connectivity index (χ4v) is 2.92. The standard InChI is InChI=1S/C18H16N2O2S/c1-12-8-9-14(17(21)22-2)10-15(12)19-18-20-16(11-23-18)13-6-4-3-5-7-13/h3-11H,1-2H3,(H,19,20). The van der Waals surface area contributed by atoms with Gasteiger partial charge in [0.1, 0.15) is 0 Å². The first kappa shape index (κ1) is 15.2. The van der Waals surface area contributed by atoms with Crippen LogP contribution in [-0.4, -0.2) is 18.1 Å². The summed E-state index contributed by atoms with van der Waals surface area (Å²) in [6.45, 7) is 1.98. The largest absolute Gasteiger partial charge is 0.465 e. The summed E-state index contributed by atoms with van der Waals surface area (Å²) in [5.74, 6) is -0.350. The van der Waals surface area contributed by atoms with Gasteiger partial charge in [-0.25, -0.2) is 9.78 Å². The summed E-state index contributed by atoms with van der Waals surface area (Å²) in [5, 5.41) is 6.08. The van der Waals surface area contributed by atoms with Crippen LogP contribution in [0, 0.1) is 6.92 Å². The van der Waals surface area contributed by atoms with E-state index in [4.69, 9.17) is 4.74 Å². The van der Waals surface area contributed by atoms with Crippen molar-refractivity contribution in [2.75, 3.05) is 12.4 Å². The van der Waals surface area contributed by atoms with Gasteiger partial charge in [0.15, 0.2) is 5.13 Å². The van der Waals surface area contributed by atoms with E-state index in [9.17, 15) is 4.79 Å². The van der Waals surface area contributed by atoms with Crippen molar-refractivity contribution in [3.8, 4) is 11.3 Å². The maximum atomic E-state index is 11.7. The Morgan fingerprint density at radius 3 is 2.70 bits per heavy atom. The van der Waals surface area contributed by atoms with Crippen molar-refractivity contribution < 1.29 is 9.53 Å². The lowest BCUT2D eigenvalue weighted by Crippen LogP contribution is -2.03. The Bertz CT molecular complexity index is 828. The number of aryl methyl sites for hydroxylation is 1. The molecule has 116 valence electrons. The Balaban J connectivity index is 1.85. The number of hydrogen-bond donors (Lipinski definition) is 1. The molecule has 1 heterocycles. The summed E-state index contributed by atoms with van der Waals surface area (Å²) in [6.07, 6.45) is 0. The molecular weight excluding hydrogens is 308 g/mol. The van der Waals surface area contributed by atoms with Crippen molar-refractivity contribution in [1.29, 1.82) is 0 Å². The van der Waals surface area contributed by atoms with E-state index in [0.29, 0.717) is 5.56 Å². The van der Waals surface area contributed by atoms with Gasteiger partial charge in [0, 0.05) is 16.6 Å². The molecule has 4 nitrogen and oxygen atoms in total. The molecule has 0 saturated carbocycles. The van der Waals surface area contributed by atoms with Crippen LogP contribution in [0.5, 0.6) is 0 Å². The maximum Gasteiger partial charge on any atom is 0.337 e. The van der Waals surface area contributed by atoms with Gasteiger partial charge in [-0.3, -0.25) is 0 Å². The van der Waals surface area contributed by atoms with Gasteiger partial charge in [0.25, 0.3) is 0 Å². The van der Waals surface area contributed by atoms with Crippen molar-refractivity contribution in [2.24, 2.45) is 0 Å². The highest BCUT2D eigenvalue weighted by atomic mass is 32.1. The molecule has 0 atom stereocenters. The Morgan fingerprint density at radius 2 is 1.96 bits per heavy atom. The number of nitrogens with one attached hydrogen (secondary N) is 1. The molecule has 0 aliphatic carbocycles. The molecule has 0 amide bonds. The number of ether oxygens (including phenoxy) is 1. The zero-order valence-electron chi connectivity index (χ0n) is 12.9. The first-order valence-corrected chi connectivity index (χ1v) is 8.02. The highest BCUT2D eigenvalue weighted by molar-refractivity contribution is 7.14. The second kappa shape index (κ2) is 6.62. The first-order chi connectivity index (χ1) is 11.2. The molecule has 0 spiro atoms. The summed E-state index contributed by atoms with van der Waals surface area (Å²) < 4.78 is 4.76. The maximum absolute atomic E-state index is 11.7. The topological polar surface area (TPSA) is 51.2 Å².